The summed E-state index contributed by atoms with van der Waals surface area (Å²) in [6, 6.07) is 0. The van der Waals surface area contributed by atoms with E-state index in [-0.39, 0.29) is 0 Å². The fourth-order valence-corrected chi connectivity index (χ4v) is 3.79. The van der Waals surface area contributed by atoms with Gasteiger partial charge in [-0.15, -0.1) is 0 Å². The number of aromatic nitrogens is 1. The predicted octanol–water partition coefficient (Wildman–Crippen LogP) is 3.11. The van der Waals surface area contributed by atoms with Crippen LogP contribution in [0.15, 0.2) is 17.9 Å². The monoisotopic (exact) mass is 256 g/mol. The van der Waals surface area contributed by atoms with Gasteiger partial charge in [0.15, 0.2) is 0 Å². The van der Waals surface area contributed by atoms with Crippen molar-refractivity contribution >= 4 is 11.8 Å². The topological polar surface area (TPSA) is 37.0 Å². The fraction of sp³-hybridized carbons (Fsp3) is 0.500. The van der Waals surface area contributed by atoms with E-state index in [2.05, 4.69) is 28.5 Å². The lowest BCUT2D eigenvalue weighted by Gasteiger charge is -2.28. The number of fused-ring (bicyclic) bond motifs is 3. The number of H-pyrrole nitrogens is 1. The van der Waals surface area contributed by atoms with Crippen molar-refractivity contribution in [2.24, 2.45) is 11.8 Å². The van der Waals surface area contributed by atoms with Gasteiger partial charge in [0.2, 0.25) is 0 Å². The zero-order valence-electron chi connectivity index (χ0n) is 11.3. The fourth-order valence-electron chi connectivity index (χ4n) is 3.79. The Labute approximate surface area is 113 Å². The van der Waals surface area contributed by atoms with E-state index < -0.39 is 0 Å². The van der Waals surface area contributed by atoms with Gasteiger partial charge in [-0.3, -0.25) is 0 Å². The number of rotatable bonds is 1. The van der Waals surface area contributed by atoms with Crippen molar-refractivity contribution in [2.75, 3.05) is 19.0 Å². The van der Waals surface area contributed by atoms with E-state index in [0.29, 0.717) is 0 Å². The van der Waals surface area contributed by atoms with Crippen molar-refractivity contribution in [3.05, 3.63) is 34.9 Å². The first-order chi connectivity index (χ1) is 9.33. The van der Waals surface area contributed by atoms with Crippen molar-refractivity contribution in [1.82, 2.24) is 4.98 Å². The van der Waals surface area contributed by atoms with E-state index in [0.717, 1.165) is 30.6 Å². The lowest BCUT2D eigenvalue weighted by molar-refractivity contribution is 0.310. The summed E-state index contributed by atoms with van der Waals surface area (Å²) >= 11 is 0. The minimum absolute atomic E-state index is 0.754. The minimum Gasteiger partial charge on any atom is -0.497 e. The van der Waals surface area contributed by atoms with Crippen LogP contribution in [0.5, 0.6) is 0 Å². The quantitative estimate of drug-likeness (QED) is 0.810. The van der Waals surface area contributed by atoms with Crippen LogP contribution in [0.1, 0.15) is 29.8 Å². The van der Waals surface area contributed by atoms with Crippen LogP contribution in [-0.4, -0.2) is 18.6 Å². The second-order valence-electron chi connectivity index (χ2n) is 6.02. The summed E-state index contributed by atoms with van der Waals surface area (Å²) in [6.45, 7) is 1.12. The van der Waals surface area contributed by atoms with Crippen LogP contribution in [0.25, 0.3) is 6.08 Å². The highest BCUT2D eigenvalue weighted by Gasteiger charge is 2.30. The SMILES string of the molecule is COC1=C/c2c3[nH]c4c2NCC(C4)CC(C/C=C\1)C3. The third kappa shape index (κ3) is 1.79. The molecular formula is C16H20N2O. The molecule has 2 N–H and O–H groups in total. The maximum atomic E-state index is 5.48. The van der Waals surface area contributed by atoms with Gasteiger partial charge in [-0.25, -0.2) is 0 Å². The Hall–Kier alpha value is -1.64. The molecule has 0 radical (unpaired) electrons. The minimum atomic E-state index is 0.754. The summed E-state index contributed by atoms with van der Waals surface area (Å²) in [5, 5.41) is 3.64. The molecule has 19 heavy (non-hydrogen) atoms. The molecule has 0 amide bonds. The van der Waals surface area contributed by atoms with E-state index in [9.17, 15) is 0 Å². The first-order valence-electron chi connectivity index (χ1n) is 7.23. The summed E-state index contributed by atoms with van der Waals surface area (Å²) in [5.74, 6) is 2.49. The van der Waals surface area contributed by atoms with Gasteiger partial charge in [0.25, 0.3) is 0 Å². The van der Waals surface area contributed by atoms with Gasteiger partial charge < -0.3 is 15.0 Å². The molecule has 2 unspecified atom stereocenters. The van der Waals surface area contributed by atoms with Crippen molar-refractivity contribution in [1.29, 1.82) is 0 Å². The molecule has 0 aromatic carbocycles. The third-order valence-corrected chi connectivity index (χ3v) is 4.69. The first kappa shape index (κ1) is 11.2. The second-order valence-corrected chi connectivity index (χ2v) is 6.02. The predicted molar refractivity (Wildman–Crippen MR) is 77.0 cm³/mol. The van der Waals surface area contributed by atoms with Crippen molar-refractivity contribution in [3.8, 4) is 0 Å². The highest BCUT2D eigenvalue weighted by atomic mass is 16.5. The van der Waals surface area contributed by atoms with E-state index in [1.807, 2.05) is 0 Å². The van der Waals surface area contributed by atoms with Crippen LogP contribution >= 0.6 is 0 Å². The molecule has 3 heteroatoms. The Morgan fingerprint density at radius 3 is 3.00 bits per heavy atom. The average molecular weight is 256 g/mol. The smallest absolute Gasteiger partial charge is 0.119 e. The van der Waals surface area contributed by atoms with Gasteiger partial charge in [-0.05, 0) is 49.7 Å². The van der Waals surface area contributed by atoms with Gasteiger partial charge >= 0.3 is 0 Å². The normalized spacial score (nSPS) is 32.2. The van der Waals surface area contributed by atoms with E-state index in [1.165, 1.54) is 41.9 Å². The largest absolute Gasteiger partial charge is 0.497 e. The van der Waals surface area contributed by atoms with Crippen molar-refractivity contribution in [2.45, 2.75) is 25.7 Å². The molecule has 100 valence electrons. The van der Waals surface area contributed by atoms with Crippen molar-refractivity contribution in [3.63, 3.8) is 0 Å². The molecule has 4 bridgehead atoms. The molecule has 2 atom stereocenters. The summed E-state index contributed by atoms with van der Waals surface area (Å²) in [5.41, 5.74) is 5.43. The van der Waals surface area contributed by atoms with Crippen LogP contribution in [0.4, 0.5) is 5.69 Å². The van der Waals surface area contributed by atoms with Gasteiger partial charge in [-0.2, -0.15) is 0 Å². The number of allylic oxidation sites excluding steroid dienone is 2. The molecule has 3 aliphatic rings. The summed E-state index contributed by atoms with van der Waals surface area (Å²) in [4.78, 5) is 3.66. The summed E-state index contributed by atoms with van der Waals surface area (Å²) in [7, 11) is 1.75. The molecule has 3 nitrogen and oxygen atoms in total. The van der Waals surface area contributed by atoms with Crippen LogP contribution in [0.2, 0.25) is 0 Å². The molecule has 1 aliphatic carbocycles. The van der Waals surface area contributed by atoms with Crippen LogP contribution in [0.3, 0.4) is 0 Å². The summed E-state index contributed by atoms with van der Waals surface area (Å²) in [6.07, 6.45) is 11.4. The first-order valence-corrected chi connectivity index (χ1v) is 7.23. The van der Waals surface area contributed by atoms with Gasteiger partial charge in [0.1, 0.15) is 5.76 Å². The molecule has 1 aromatic heterocycles. The Morgan fingerprint density at radius 2 is 2.11 bits per heavy atom. The molecule has 4 rings (SSSR count). The molecule has 3 heterocycles. The van der Waals surface area contributed by atoms with E-state index in [4.69, 9.17) is 4.74 Å². The van der Waals surface area contributed by atoms with Crippen LogP contribution in [0, 0.1) is 11.8 Å². The standard InChI is InChI=1S/C16H20N2O/c1-19-12-4-2-3-10-5-11-7-15-16(17-9-11)13(8-12)14(6-10)18-15/h2,4,8,10-11,17-18H,3,5-7,9H2,1H3/b4-2-,12-8+. The molecule has 0 fully saturated rings. The number of anilines is 1. The van der Waals surface area contributed by atoms with Crippen molar-refractivity contribution < 1.29 is 4.74 Å². The molecule has 2 aliphatic heterocycles. The molecule has 1 aromatic rings. The number of methoxy groups -OCH3 is 1. The molecule has 0 saturated carbocycles. The van der Waals surface area contributed by atoms with Gasteiger partial charge in [0.05, 0.1) is 12.8 Å². The highest BCUT2D eigenvalue weighted by molar-refractivity contribution is 5.74. The zero-order chi connectivity index (χ0) is 12.8. The lowest BCUT2D eigenvalue weighted by Crippen LogP contribution is -2.26. The van der Waals surface area contributed by atoms with Gasteiger partial charge in [-0.1, -0.05) is 6.08 Å². The number of nitrogens with one attached hydrogen (secondary N) is 2. The number of hydrogen-bond donors (Lipinski definition) is 2. The van der Waals surface area contributed by atoms with E-state index >= 15 is 0 Å². The average Bonchev–Trinajstić information content (AvgIpc) is 2.77. The molecule has 0 spiro atoms. The third-order valence-electron chi connectivity index (χ3n) is 4.69. The maximum absolute atomic E-state index is 5.48. The highest BCUT2D eigenvalue weighted by Crippen LogP contribution is 2.39. The Balaban J connectivity index is 1.93. The van der Waals surface area contributed by atoms with Gasteiger partial charge in [0, 0.05) is 23.5 Å². The van der Waals surface area contributed by atoms with Crippen LogP contribution in [-0.2, 0) is 17.6 Å². The Bertz CT molecular complexity index is 568. The number of ether oxygens (including phenoxy) is 1. The Kier molecular flexibility index (Phi) is 2.47. The Morgan fingerprint density at radius 1 is 1.21 bits per heavy atom. The second kappa shape index (κ2) is 4.19. The van der Waals surface area contributed by atoms with Crippen LogP contribution < -0.4 is 5.32 Å². The van der Waals surface area contributed by atoms with E-state index in [1.54, 1.807) is 7.11 Å². The maximum Gasteiger partial charge on any atom is 0.119 e. The summed E-state index contributed by atoms with van der Waals surface area (Å²) < 4.78 is 5.48. The molecule has 0 saturated heterocycles. The molecular weight excluding hydrogens is 236 g/mol. The zero-order valence-corrected chi connectivity index (χ0v) is 11.3. The number of hydrogen-bond acceptors (Lipinski definition) is 2. The number of aromatic amines is 1. The lowest BCUT2D eigenvalue weighted by atomic mass is 9.85.